The van der Waals surface area contributed by atoms with Crippen LogP contribution in [-0.2, 0) is 16.6 Å². The van der Waals surface area contributed by atoms with Gasteiger partial charge in [0.1, 0.15) is 0 Å². The molecule has 0 radical (unpaired) electrons. The number of nitrogens with two attached hydrogens (primary N) is 1. The zero-order valence-corrected chi connectivity index (χ0v) is 13.7. The van der Waals surface area contributed by atoms with Crippen LogP contribution in [0.15, 0.2) is 27.8 Å². The second kappa shape index (κ2) is 5.80. The van der Waals surface area contributed by atoms with Gasteiger partial charge in [0.15, 0.2) is 5.82 Å². The molecule has 0 bridgehead atoms. The van der Waals surface area contributed by atoms with Gasteiger partial charge in [0.25, 0.3) is 15.2 Å². The highest BCUT2D eigenvalue weighted by Gasteiger charge is 2.22. The van der Waals surface area contributed by atoms with Gasteiger partial charge in [-0.05, 0) is 24.6 Å². The van der Waals surface area contributed by atoms with Crippen LogP contribution in [0.25, 0.3) is 11.4 Å². The van der Waals surface area contributed by atoms with Gasteiger partial charge in [0.2, 0.25) is 0 Å². The Kier molecular flexibility index (Phi) is 4.48. The lowest BCUT2D eigenvalue weighted by Gasteiger charge is -2.09. The summed E-state index contributed by atoms with van der Waals surface area (Å²) in [5.74, 6) is 0.383. The van der Waals surface area contributed by atoms with Gasteiger partial charge in [-0.3, -0.25) is 4.57 Å². The van der Waals surface area contributed by atoms with Gasteiger partial charge in [0, 0.05) is 16.6 Å². The Labute approximate surface area is 130 Å². The summed E-state index contributed by atoms with van der Waals surface area (Å²) in [6.45, 7) is 2.35. The maximum atomic E-state index is 11.5. The Hall–Kier alpha value is -0.960. The zero-order chi connectivity index (χ0) is 14.9. The Balaban J connectivity index is 2.66. The van der Waals surface area contributed by atoms with Crippen molar-refractivity contribution in [2.24, 2.45) is 5.14 Å². The molecule has 0 aliphatic heterocycles. The van der Waals surface area contributed by atoms with E-state index in [1.165, 1.54) is 4.57 Å². The highest BCUT2D eigenvalue weighted by atomic mass is 79.9. The van der Waals surface area contributed by atoms with E-state index in [-0.39, 0.29) is 5.16 Å². The molecule has 0 saturated carbocycles. The first-order valence-electron chi connectivity index (χ1n) is 5.76. The molecule has 0 amide bonds. The summed E-state index contributed by atoms with van der Waals surface area (Å²) in [5, 5.41) is 12.9. The molecule has 0 unspecified atom stereocenters. The van der Waals surface area contributed by atoms with Crippen LogP contribution in [0.5, 0.6) is 0 Å². The van der Waals surface area contributed by atoms with Gasteiger partial charge < -0.3 is 0 Å². The predicted octanol–water partition coefficient (Wildman–Crippen LogP) is 2.42. The third-order valence-electron chi connectivity index (χ3n) is 2.59. The maximum absolute atomic E-state index is 11.5. The fraction of sp³-hybridized carbons (Fsp3) is 0.273. The number of sulfonamides is 1. The van der Waals surface area contributed by atoms with Crippen molar-refractivity contribution in [1.29, 1.82) is 0 Å². The first-order valence-corrected chi connectivity index (χ1v) is 8.47. The van der Waals surface area contributed by atoms with E-state index in [0.29, 0.717) is 29.4 Å². The summed E-state index contributed by atoms with van der Waals surface area (Å²) in [5.41, 5.74) is 0.603. The predicted molar refractivity (Wildman–Crippen MR) is 79.8 cm³/mol. The van der Waals surface area contributed by atoms with Crippen LogP contribution in [0.3, 0.4) is 0 Å². The second-order valence-electron chi connectivity index (χ2n) is 4.13. The summed E-state index contributed by atoms with van der Waals surface area (Å²) in [6, 6.07) is 5.25. The summed E-state index contributed by atoms with van der Waals surface area (Å²) in [7, 11) is -3.93. The Morgan fingerprint density at radius 2 is 2.10 bits per heavy atom. The molecule has 0 aliphatic rings. The molecule has 2 N–H and O–H groups in total. The summed E-state index contributed by atoms with van der Waals surface area (Å²) >= 11 is 9.48. The van der Waals surface area contributed by atoms with Crippen LogP contribution in [0.4, 0.5) is 0 Å². The largest absolute Gasteiger partial charge is 0.297 e. The third-order valence-corrected chi connectivity index (χ3v) is 4.21. The third kappa shape index (κ3) is 3.03. The average Bonchev–Trinajstić information content (AvgIpc) is 2.73. The molecule has 0 fully saturated rings. The monoisotopic (exact) mass is 378 g/mol. The lowest BCUT2D eigenvalue weighted by molar-refractivity contribution is 0.559. The molecule has 6 nitrogen and oxygen atoms in total. The van der Waals surface area contributed by atoms with E-state index >= 15 is 0 Å². The quantitative estimate of drug-likeness (QED) is 0.883. The number of primary sulfonamides is 1. The summed E-state index contributed by atoms with van der Waals surface area (Å²) in [4.78, 5) is 0. The van der Waals surface area contributed by atoms with E-state index in [9.17, 15) is 8.42 Å². The topological polar surface area (TPSA) is 90.9 Å². The van der Waals surface area contributed by atoms with Crippen LogP contribution in [0.1, 0.15) is 13.3 Å². The van der Waals surface area contributed by atoms with Crippen molar-refractivity contribution in [2.75, 3.05) is 0 Å². The maximum Gasteiger partial charge on any atom is 0.273 e. The molecule has 0 aliphatic carbocycles. The fourth-order valence-electron chi connectivity index (χ4n) is 1.79. The number of hydrogen-bond donors (Lipinski definition) is 1. The van der Waals surface area contributed by atoms with Gasteiger partial charge in [-0.2, -0.15) is 0 Å². The van der Waals surface area contributed by atoms with Gasteiger partial charge in [-0.25, -0.2) is 13.6 Å². The molecule has 0 atom stereocenters. The van der Waals surface area contributed by atoms with E-state index in [1.807, 2.05) is 6.92 Å². The first-order chi connectivity index (χ1) is 9.34. The molecule has 2 aromatic rings. The van der Waals surface area contributed by atoms with Gasteiger partial charge >= 0.3 is 0 Å². The van der Waals surface area contributed by atoms with Crippen molar-refractivity contribution in [3.63, 3.8) is 0 Å². The lowest BCUT2D eigenvalue weighted by Crippen LogP contribution is -2.19. The van der Waals surface area contributed by atoms with Crippen LogP contribution in [0, 0.1) is 0 Å². The minimum absolute atomic E-state index is 0.256. The Morgan fingerprint density at radius 3 is 2.65 bits per heavy atom. The molecule has 1 heterocycles. The SMILES string of the molecule is CCCn1c(-c2ccc(Br)cc2Cl)nnc1S(N)(=O)=O. The van der Waals surface area contributed by atoms with Crippen molar-refractivity contribution < 1.29 is 8.42 Å². The van der Waals surface area contributed by atoms with Crippen molar-refractivity contribution in [3.8, 4) is 11.4 Å². The number of halogens is 2. The van der Waals surface area contributed by atoms with E-state index in [0.717, 1.165) is 4.47 Å². The Morgan fingerprint density at radius 1 is 1.40 bits per heavy atom. The van der Waals surface area contributed by atoms with Crippen molar-refractivity contribution in [3.05, 3.63) is 27.7 Å². The van der Waals surface area contributed by atoms with Crippen molar-refractivity contribution in [1.82, 2.24) is 14.8 Å². The zero-order valence-electron chi connectivity index (χ0n) is 10.5. The smallest absolute Gasteiger partial charge is 0.273 e. The highest BCUT2D eigenvalue weighted by Crippen LogP contribution is 2.30. The minimum Gasteiger partial charge on any atom is -0.297 e. The standard InChI is InChI=1S/C11H12BrClN4O2S/c1-2-5-17-10(15-16-11(17)20(14,18)19)8-4-3-7(12)6-9(8)13/h3-4,6H,2,5H2,1H3,(H2,14,18,19). The van der Waals surface area contributed by atoms with Gasteiger partial charge in [0.05, 0.1) is 5.02 Å². The van der Waals surface area contributed by atoms with Gasteiger partial charge in [-0.1, -0.05) is 34.5 Å². The molecule has 1 aromatic heterocycles. The van der Waals surface area contributed by atoms with E-state index in [1.54, 1.807) is 18.2 Å². The molecular weight excluding hydrogens is 368 g/mol. The van der Waals surface area contributed by atoms with Crippen LogP contribution in [0.2, 0.25) is 5.02 Å². The minimum atomic E-state index is -3.93. The average molecular weight is 380 g/mol. The van der Waals surface area contributed by atoms with Crippen molar-refractivity contribution in [2.45, 2.75) is 25.0 Å². The molecule has 9 heteroatoms. The fourth-order valence-corrected chi connectivity index (χ4v) is 3.19. The first kappa shape index (κ1) is 15.4. The molecule has 1 aromatic carbocycles. The van der Waals surface area contributed by atoms with E-state index in [2.05, 4.69) is 26.1 Å². The van der Waals surface area contributed by atoms with Crippen LogP contribution < -0.4 is 5.14 Å². The molecule has 0 spiro atoms. The highest BCUT2D eigenvalue weighted by molar-refractivity contribution is 9.10. The van der Waals surface area contributed by atoms with Crippen LogP contribution in [-0.4, -0.2) is 23.2 Å². The van der Waals surface area contributed by atoms with Crippen molar-refractivity contribution >= 4 is 37.6 Å². The molecule has 0 saturated heterocycles. The molecule has 2 rings (SSSR count). The number of aromatic nitrogens is 3. The van der Waals surface area contributed by atoms with Gasteiger partial charge in [-0.15, -0.1) is 10.2 Å². The second-order valence-corrected chi connectivity index (χ2v) is 6.91. The summed E-state index contributed by atoms with van der Waals surface area (Å²) in [6.07, 6.45) is 0.710. The number of hydrogen-bond acceptors (Lipinski definition) is 4. The van der Waals surface area contributed by atoms with E-state index < -0.39 is 10.0 Å². The van der Waals surface area contributed by atoms with E-state index in [4.69, 9.17) is 16.7 Å². The Bertz CT molecular complexity index is 745. The normalized spacial score (nSPS) is 11.8. The number of benzene rings is 1. The number of rotatable bonds is 4. The molecule has 108 valence electrons. The number of nitrogens with zero attached hydrogens (tertiary/aromatic N) is 3. The molecular formula is C11H12BrClN4O2S. The molecule has 20 heavy (non-hydrogen) atoms. The lowest BCUT2D eigenvalue weighted by atomic mass is 10.2. The van der Waals surface area contributed by atoms with Crippen LogP contribution >= 0.6 is 27.5 Å². The summed E-state index contributed by atoms with van der Waals surface area (Å²) < 4.78 is 25.3.